The molecule has 1 aromatic heterocycles. The number of H-pyrrole nitrogens is 1. The first kappa shape index (κ1) is 25.3. The summed E-state index contributed by atoms with van der Waals surface area (Å²) in [7, 11) is -0.547. The Morgan fingerprint density at radius 1 is 1.00 bits per heavy atom. The van der Waals surface area contributed by atoms with E-state index in [1.165, 1.54) is 33.5 Å². The van der Waals surface area contributed by atoms with Gasteiger partial charge >= 0.3 is 0 Å². The van der Waals surface area contributed by atoms with Crippen LogP contribution in [0.15, 0.2) is 58.2 Å². The molecule has 1 N–H and O–H groups in total. The van der Waals surface area contributed by atoms with Crippen LogP contribution < -0.4 is 15.0 Å². The first-order valence-electron chi connectivity index (χ1n) is 10.9. The average Bonchev–Trinajstić information content (AvgIpc) is 2.83. The van der Waals surface area contributed by atoms with Crippen LogP contribution in [0.2, 0.25) is 0 Å². The third kappa shape index (κ3) is 5.40. The Morgan fingerprint density at radius 3 is 2.26 bits per heavy atom. The highest BCUT2D eigenvalue weighted by Crippen LogP contribution is 2.23. The molecule has 3 rings (SSSR count). The average molecular weight is 488 g/mol. The zero-order chi connectivity index (χ0) is 24.9. The van der Waals surface area contributed by atoms with E-state index < -0.39 is 21.5 Å². The number of carbonyl (C=O) groups excluding carboxylic acids is 1. The third-order valence-corrected chi connectivity index (χ3v) is 7.54. The zero-order valence-electron chi connectivity index (χ0n) is 19.7. The van der Waals surface area contributed by atoms with E-state index in [-0.39, 0.29) is 23.6 Å². The maximum absolute atomic E-state index is 13.2. The van der Waals surface area contributed by atoms with Crippen molar-refractivity contribution in [2.75, 3.05) is 40.4 Å². The number of fused-ring (bicyclic) bond motifs is 1. The number of hydrogen-bond donors (Lipinski definition) is 1. The Morgan fingerprint density at radius 2 is 1.65 bits per heavy atom. The number of likely N-dealkylation sites (N-methyl/N-ethyl adjacent to an activating group) is 1. The standard InChI is InChI=1S/C24H29N3O6S/c1-5-27(6-2)34(30,31)19-11-12-22-20(15-19)21(16-23(28)25-22)24(29)26(3)13-14-33-18-9-7-17(32-4)8-10-18/h7-12,15-16H,5-6,13-14H2,1-4H3,(H,25,28). The van der Waals surface area contributed by atoms with Crippen molar-refractivity contribution in [2.45, 2.75) is 18.7 Å². The number of pyridine rings is 1. The molecule has 0 radical (unpaired) electrons. The predicted octanol–water partition coefficient (Wildman–Crippen LogP) is 2.72. The van der Waals surface area contributed by atoms with Gasteiger partial charge in [-0.15, -0.1) is 0 Å². The van der Waals surface area contributed by atoms with Gasteiger partial charge in [0.05, 0.1) is 24.1 Å². The van der Waals surface area contributed by atoms with Crippen molar-refractivity contribution in [2.24, 2.45) is 0 Å². The Bertz CT molecular complexity index is 1310. The van der Waals surface area contributed by atoms with Crippen LogP contribution in [0.3, 0.4) is 0 Å². The van der Waals surface area contributed by atoms with E-state index in [1.54, 1.807) is 52.3 Å². The summed E-state index contributed by atoms with van der Waals surface area (Å²) in [6.45, 7) is 4.67. The van der Waals surface area contributed by atoms with E-state index in [0.29, 0.717) is 35.5 Å². The first-order valence-corrected chi connectivity index (χ1v) is 12.3. The molecular formula is C24H29N3O6S. The zero-order valence-corrected chi connectivity index (χ0v) is 20.5. The quantitative estimate of drug-likeness (QED) is 0.471. The number of nitrogens with one attached hydrogen (secondary N) is 1. The minimum Gasteiger partial charge on any atom is -0.497 e. The van der Waals surface area contributed by atoms with E-state index in [9.17, 15) is 18.0 Å². The van der Waals surface area contributed by atoms with Crippen LogP contribution in [0.4, 0.5) is 0 Å². The Labute approximate surface area is 199 Å². The number of aromatic nitrogens is 1. The van der Waals surface area contributed by atoms with Gasteiger partial charge in [0.1, 0.15) is 18.1 Å². The van der Waals surface area contributed by atoms with Gasteiger partial charge in [-0.25, -0.2) is 8.42 Å². The van der Waals surface area contributed by atoms with Gasteiger partial charge in [-0.05, 0) is 42.5 Å². The van der Waals surface area contributed by atoms with Gasteiger partial charge in [0.2, 0.25) is 15.6 Å². The summed E-state index contributed by atoms with van der Waals surface area (Å²) < 4.78 is 38.1. The highest BCUT2D eigenvalue weighted by molar-refractivity contribution is 7.89. The molecule has 182 valence electrons. The summed E-state index contributed by atoms with van der Waals surface area (Å²) in [4.78, 5) is 29.5. The van der Waals surface area contributed by atoms with Crippen LogP contribution in [0.25, 0.3) is 10.9 Å². The van der Waals surface area contributed by atoms with Crippen LogP contribution >= 0.6 is 0 Å². The maximum atomic E-state index is 13.2. The lowest BCUT2D eigenvalue weighted by Gasteiger charge is -2.20. The third-order valence-electron chi connectivity index (χ3n) is 5.49. The predicted molar refractivity (Wildman–Crippen MR) is 130 cm³/mol. The fraction of sp³-hybridized carbons (Fsp3) is 0.333. The lowest BCUT2D eigenvalue weighted by molar-refractivity contribution is 0.0775. The summed E-state index contributed by atoms with van der Waals surface area (Å²) in [5.41, 5.74) is 0.0672. The Balaban J connectivity index is 1.85. The Kier molecular flexibility index (Phi) is 7.95. The fourth-order valence-electron chi connectivity index (χ4n) is 3.56. The fourth-order valence-corrected chi connectivity index (χ4v) is 5.05. The molecule has 2 aromatic carbocycles. The molecular weight excluding hydrogens is 458 g/mol. The minimum atomic E-state index is -3.73. The van der Waals surface area contributed by atoms with E-state index in [1.807, 2.05) is 0 Å². The summed E-state index contributed by atoms with van der Waals surface area (Å²) in [5.74, 6) is 0.935. The summed E-state index contributed by atoms with van der Waals surface area (Å²) in [5, 5.41) is 0.362. The number of amides is 1. The number of nitrogens with zero attached hydrogens (tertiary/aromatic N) is 2. The van der Waals surface area contributed by atoms with Crippen LogP contribution in [-0.2, 0) is 10.0 Å². The smallest absolute Gasteiger partial charge is 0.254 e. The number of ether oxygens (including phenoxy) is 2. The monoisotopic (exact) mass is 487 g/mol. The van der Waals surface area contributed by atoms with Crippen LogP contribution in [-0.4, -0.2) is 68.9 Å². The van der Waals surface area contributed by atoms with Gasteiger partial charge in [0, 0.05) is 37.1 Å². The van der Waals surface area contributed by atoms with Crippen LogP contribution in [0, 0.1) is 0 Å². The number of sulfonamides is 1. The van der Waals surface area contributed by atoms with Crippen LogP contribution in [0.1, 0.15) is 24.2 Å². The van der Waals surface area contributed by atoms with Crippen molar-refractivity contribution in [3.63, 3.8) is 0 Å². The highest BCUT2D eigenvalue weighted by Gasteiger charge is 2.24. The molecule has 0 atom stereocenters. The second kappa shape index (κ2) is 10.7. The molecule has 0 spiro atoms. The molecule has 9 nitrogen and oxygen atoms in total. The number of rotatable bonds is 10. The molecule has 0 aliphatic carbocycles. The van der Waals surface area contributed by atoms with Crippen LogP contribution in [0.5, 0.6) is 11.5 Å². The van der Waals surface area contributed by atoms with Crippen molar-refractivity contribution in [1.29, 1.82) is 0 Å². The van der Waals surface area contributed by atoms with Crippen molar-refractivity contribution >= 4 is 26.8 Å². The van der Waals surface area contributed by atoms with Crippen molar-refractivity contribution in [3.05, 3.63) is 64.4 Å². The lowest BCUT2D eigenvalue weighted by Crippen LogP contribution is -2.32. The SMILES string of the molecule is CCN(CC)S(=O)(=O)c1ccc2[nH]c(=O)cc(C(=O)N(C)CCOc3ccc(OC)cc3)c2c1. The summed E-state index contributed by atoms with van der Waals surface area (Å²) in [6, 6.07) is 12.7. The van der Waals surface area contributed by atoms with E-state index in [4.69, 9.17) is 9.47 Å². The van der Waals surface area contributed by atoms with Crippen molar-refractivity contribution in [3.8, 4) is 11.5 Å². The molecule has 0 saturated heterocycles. The molecule has 34 heavy (non-hydrogen) atoms. The molecule has 0 aliphatic rings. The van der Waals surface area contributed by atoms with E-state index in [0.717, 1.165) is 0 Å². The Hall–Kier alpha value is -3.37. The molecule has 0 saturated carbocycles. The molecule has 1 amide bonds. The van der Waals surface area contributed by atoms with Crippen molar-refractivity contribution in [1.82, 2.24) is 14.2 Å². The highest BCUT2D eigenvalue weighted by atomic mass is 32.2. The van der Waals surface area contributed by atoms with E-state index >= 15 is 0 Å². The van der Waals surface area contributed by atoms with Gasteiger partial charge < -0.3 is 19.4 Å². The van der Waals surface area contributed by atoms with Gasteiger partial charge in [-0.3, -0.25) is 9.59 Å². The molecule has 0 bridgehead atoms. The minimum absolute atomic E-state index is 0.0651. The number of carbonyl (C=O) groups is 1. The number of benzene rings is 2. The molecule has 3 aromatic rings. The van der Waals surface area contributed by atoms with E-state index in [2.05, 4.69) is 4.98 Å². The maximum Gasteiger partial charge on any atom is 0.254 e. The van der Waals surface area contributed by atoms with Crippen molar-refractivity contribution < 1.29 is 22.7 Å². The van der Waals surface area contributed by atoms with Gasteiger partial charge in [-0.1, -0.05) is 13.8 Å². The second-order valence-electron chi connectivity index (χ2n) is 7.59. The molecule has 1 heterocycles. The normalized spacial score (nSPS) is 11.6. The number of aromatic amines is 1. The number of hydrogen-bond acceptors (Lipinski definition) is 6. The summed E-state index contributed by atoms with van der Waals surface area (Å²) >= 11 is 0. The largest absolute Gasteiger partial charge is 0.497 e. The molecule has 0 fully saturated rings. The van der Waals surface area contributed by atoms with Gasteiger partial charge in [0.25, 0.3) is 5.91 Å². The first-order chi connectivity index (χ1) is 16.2. The molecule has 0 unspecified atom stereocenters. The molecule has 0 aliphatic heterocycles. The second-order valence-corrected chi connectivity index (χ2v) is 9.53. The summed E-state index contributed by atoms with van der Waals surface area (Å²) in [6.07, 6.45) is 0. The lowest BCUT2D eigenvalue weighted by atomic mass is 10.1. The molecule has 10 heteroatoms. The topological polar surface area (TPSA) is 109 Å². The van der Waals surface area contributed by atoms with Gasteiger partial charge in [-0.2, -0.15) is 4.31 Å². The number of methoxy groups -OCH3 is 1. The van der Waals surface area contributed by atoms with Gasteiger partial charge in [0.15, 0.2) is 0 Å².